The zero-order valence-electron chi connectivity index (χ0n) is 6.21. The lowest BCUT2D eigenvalue weighted by Crippen LogP contribution is -2.40. The lowest BCUT2D eigenvalue weighted by Gasteiger charge is -2.17. The van der Waals surface area contributed by atoms with E-state index in [2.05, 4.69) is 5.28 Å². The van der Waals surface area contributed by atoms with Crippen molar-refractivity contribution in [1.82, 2.24) is 5.01 Å². The number of carboxylic acids is 1. The molecular weight excluding hydrogens is 166 g/mol. The second-order valence-electron chi connectivity index (χ2n) is 2.49. The summed E-state index contributed by atoms with van der Waals surface area (Å²) >= 11 is 0. The molecule has 0 aliphatic carbocycles. The zero-order chi connectivity index (χ0) is 9.14. The van der Waals surface area contributed by atoms with E-state index in [9.17, 15) is 15.2 Å². The van der Waals surface area contributed by atoms with Gasteiger partial charge < -0.3 is 15.5 Å². The van der Waals surface area contributed by atoms with Gasteiger partial charge in [0.1, 0.15) is 0 Å². The third kappa shape index (κ3) is 1.39. The zero-order valence-corrected chi connectivity index (χ0v) is 6.21. The standard InChI is InChI=1S/C5H9N3O4/c9-5(10)4-2-1-3-7(4)8(12)6-11/h4,11H,1-3H2,(H,9,10)/p-1/b8-6+/t4-/m0/s1. The number of hydrazine groups is 1. The number of hydrogen-bond donors (Lipinski definition) is 1. The van der Waals surface area contributed by atoms with E-state index < -0.39 is 12.0 Å². The molecule has 1 N–H and O–H groups in total. The van der Waals surface area contributed by atoms with Crippen molar-refractivity contribution in [3.63, 3.8) is 0 Å². The van der Waals surface area contributed by atoms with E-state index in [0.717, 1.165) is 5.01 Å². The maximum Gasteiger partial charge on any atom is 0.332 e. The minimum atomic E-state index is -1.10. The van der Waals surface area contributed by atoms with E-state index in [1.807, 2.05) is 0 Å². The van der Waals surface area contributed by atoms with Gasteiger partial charge in [0.15, 0.2) is 6.04 Å². The fourth-order valence-corrected chi connectivity index (χ4v) is 1.25. The van der Waals surface area contributed by atoms with E-state index >= 15 is 0 Å². The van der Waals surface area contributed by atoms with E-state index in [4.69, 9.17) is 5.11 Å². The molecule has 1 heterocycles. The van der Waals surface area contributed by atoms with Crippen LogP contribution in [-0.2, 0) is 4.79 Å². The van der Waals surface area contributed by atoms with Crippen LogP contribution in [0.3, 0.4) is 0 Å². The molecule has 0 amide bonds. The summed E-state index contributed by atoms with van der Waals surface area (Å²) < 4.78 is 0. The minimum absolute atomic E-state index is 0.203. The number of carboxylic acid groups (broad SMARTS) is 1. The molecule has 1 aliphatic heterocycles. The van der Waals surface area contributed by atoms with E-state index in [1.165, 1.54) is 0 Å². The quantitative estimate of drug-likeness (QED) is 0.358. The smallest absolute Gasteiger partial charge is 0.332 e. The summed E-state index contributed by atoms with van der Waals surface area (Å²) in [6.45, 7) is 0.270. The Morgan fingerprint density at radius 2 is 2.42 bits per heavy atom. The molecular formula is C5H8N3O4-. The van der Waals surface area contributed by atoms with Crippen molar-refractivity contribution >= 4 is 5.97 Å². The predicted octanol–water partition coefficient (Wildman–Crippen LogP) is -0.0893. The van der Waals surface area contributed by atoms with Gasteiger partial charge in [0.25, 0.3) is 0 Å². The Hall–Kier alpha value is -1.53. The van der Waals surface area contributed by atoms with Crippen LogP contribution >= 0.6 is 0 Å². The van der Waals surface area contributed by atoms with Crippen molar-refractivity contribution in [3.8, 4) is 0 Å². The summed E-state index contributed by atoms with van der Waals surface area (Å²) in [7, 11) is 0. The van der Waals surface area contributed by atoms with Crippen molar-refractivity contribution in [2.24, 2.45) is 5.28 Å². The molecule has 1 rings (SSSR count). The summed E-state index contributed by atoms with van der Waals surface area (Å²) in [5.74, 6) is -1.10. The highest BCUT2D eigenvalue weighted by Gasteiger charge is 2.35. The second kappa shape index (κ2) is 3.24. The van der Waals surface area contributed by atoms with Crippen molar-refractivity contribution in [2.45, 2.75) is 18.9 Å². The molecule has 68 valence electrons. The Kier molecular flexibility index (Phi) is 2.32. The van der Waals surface area contributed by atoms with Gasteiger partial charge in [0, 0.05) is 4.97 Å². The van der Waals surface area contributed by atoms with Crippen molar-refractivity contribution in [3.05, 3.63) is 10.4 Å². The number of carbonyl (C=O) groups is 1. The molecule has 1 saturated heterocycles. The molecule has 1 aliphatic rings. The SMILES string of the molecule is O=C(O)[C@@H]1CCCN1/[N+]([O-])=N\[O-]. The Balaban J connectivity index is 2.70. The Morgan fingerprint density at radius 3 is 2.92 bits per heavy atom. The lowest BCUT2D eigenvalue weighted by atomic mass is 10.2. The van der Waals surface area contributed by atoms with E-state index in [1.54, 1.807) is 0 Å². The van der Waals surface area contributed by atoms with Crippen LogP contribution in [0.1, 0.15) is 12.8 Å². The van der Waals surface area contributed by atoms with Crippen LogP contribution in [0, 0.1) is 10.4 Å². The van der Waals surface area contributed by atoms with Crippen LogP contribution in [0.25, 0.3) is 0 Å². The van der Waals surface area contributed by atoms with Gasteiger partial charge >= 0.3 is 5.97 Å². The molecule has 0 aromatic carbocycles. The molecule has 0 spiro atoms. The average molecular weight is 174 g/mol. The largest absolute Gasteiger partial charge is 0.737 e. The highest BCUT2D eigenvalue weighted by atomic mass is 16.6. The van der Waals surface area contributed by atoms with Gasteiger partial charge in [-0.15, -0.1) is 5.01 Å². The fraction of sp³-hybridized carbons (Fsp3) is 0.800. The first-order chi connectivity index (χ1) is 5.66. The molecule has 0 aromatic heterocycles. The van der Waals surface area contributed by atoms with Gasteiger partial charge in [0.05, 0.1) is 6.54 Å². The lowest BCUT2D eigenvalue weighted by molar-refractivity contribution is -0.691. The first-order valence-electron chi connectivity index (χ1n) is 3.46. The van der Waals surface area contributed by atoms with Gasteiger partial charge in [-0.1, -0.05) is 0 Å². The van der Waals surface area contributed by atoms with Gasteiger partial charge in [-0.3, -0.25) is 0 Å². The topological polar surface area (TPSA) is 102 Å². The third-order valence-corrected chi connectivity index (χ3v) is 1.80. The second-order valence-corrected chi connectivity index (χ2v) is 2.49. The average Bonchev–Trinajstić information content (AvgIpc) is 2.50. The summed E-state index contributed by atoms with van der Waals surface area (Å²) in [5, 5.41) is 32.0. The molecule has 0 unspecified atom stereocenters. The number of hydrogen-bond acceptors (Lipinski definition) is 4. The molecule has 0 bridgehead atoms. The van der Waals surface area contributed by atoms with Crippen LogP contribution in [0.4, 0.5) is 0 Å². The number of nitrogens with zero attached hydrogens (tertiary/aromatic N) is 3. The molecule has 0 saturated carbocycles. The van der Waals surface area contributed by atoms with Crippen molar-refractivity contribution < 1.29 is 14.9 Å². The number of aliphatic carboxylic acids is 1. The van der Waals surface area contributed by atoms with Gasteiger partial charge in [-0.25, -0.2) is 4.79 Å². The first-order valence-corrected chi connectivity index (χ1v) is 3.46. The normalized spacial score (nSPS) is 24.5. The Morgan fingerprint density at radius 1 is 1.75 bits per heavy atom. The Labute approximate surface area is 68.0 Å². The number of rotatable bonds is 2. The van der Waals surface area contributed by atoms with Crippen LogP contribution < -0.4 is 0 Å². The highest BCUT2D eigenvalue weighted by molar-refractivity contribution is 5.73. The van der Waals surface area contributed by atoms with Crippen molar-refractivity contribution in [2.75, 3.05) is 6.54 Å². The van der Waals surface area contributed by atoms with Crippen LogP contribution in [0.15, 0.2) is 5.28 Å². The van der Waals surface area contributed by atoms with Crippen LogP contribution in [0.2, 0.25) is 0 Å². The predicted molar refractivity (Wildman–Crippen MR) is 36.8 cm³/mol. The minimum Gasteiger partial charge on any atom is -0.737 e. The van der Waals surface area contributed by atoms with E-state index in [0.29, 0.717) is 12.8 Å². The first kappa shape index (κ1) is 8.57. The molecule has 12 heavy (non-hydrogen) atoms. The molecule has 1 fully saturated rings. The highest BCUT2D eigenvalue weighted by Crippen LogP contribution is 2.16. The summed E-state index contributed by atoms with van der Waals surface area (Å²) in [4.78, 5) is 10.3. The third-order valence-electron chi connectivity index (χ3n) is 1.80. The van der Waals surface area contributed by atoms with Gasteiger partial charge in [-0.05, 0) is 18.1 Å². The summed E-state index contributed by atoms with van der Waals surface area (Å²) in [5.41, 5.74) is 0. The summed E-state index contributed by atoms with van der Waals surface area (Å²) in [6, 6.07) is -0.903. The summed E-state index contributed by atoms with van der Waals surface area (Å²) in [6.07, 6.45) is 0.967. The van der Waals surface area contributed by atoms with Crippen molar-refractivity contribution in [1.29, 1.82) is 0 Å². The maximum absolute atomic E-state index is 10.6. The van der Waals surface area contributed by atoms with Crippen LogP contribution in [-0.4, -0.2) is 33.6 Å². The molecule has 7 heteroatoms. The van der Waals surface area contributed by atoms with Crippen LogP contribution in [0.5, 0.6) is 0 Å². The maximum atomic E-state index is 10.6. The molecule has 0 radical (unpaired) electrons. The monoisotopic (exact) mass is 174 g/mol. The molecule has 7 nitrogen and oxygen atoms in total. The fourth-order valence-electron chi connectivity index (χ4n) is 1.25. The van der Waals surface area contributed by atoms with E-state index in [-0.39, 0.29) is 11.5 Å². The molecule has 1 atom stereocenters. The Bertz CT molecular complexity index is 217. The van der Waals surface area contributed by atoms with Gasteiger partial charge in [-0.2, -0.15) is 0 Å². The molecule has 0 aromatic rings. The van der Waals surface area contributed by atoms with Gasteiger partial charge in [0.2, 0.25) is 0 Å².